The molecule has 2 heterocycles. The van der Waals surface area contributed by atoms with Gasteiger partial charge in [0.1, 0.15) is 5.75 Å². The number of ether oxygens (including phenoxy) is 1. The Bertz CT molecular complexity index is 773. The Kier molecular flexibility index (Phi) is 4.50. The number of aromatic nitrogens is 1. The van der Waals surface area contributed by atoms with Crippen molar-refractivity contribution in [1.29, 1.82) is 0 Å². The summed E-state index contributed by atoms with van der Waals surface area (Å²) in [7, 11) is 1.60. The van der Waals surface area contributed by atoms with Crippen LogP contribution in [0.4, 0.5) is 0 Å². The third-order valence-corrected chi connectivity index (χ3v) is 4.27. The molecule has 0 spiro atoms. The van der Waals surface area contributed by atoms with E-state index in [4.69, 9.17) is 27.9 Å². The molecule has 0 saturated carbocycles. The third-order valence-electron chi connectivity index (χ3n) is 3.62. The number of hydrogen-bond acceptors (Lipinski definition) is 4. The molecule has 1 aliphatic heterocycles. The number of methoxy groups -OCH3 is 1. The number of benzene rings is 1. The summed E-state index contributed by atoms with van der Waals surface area (Å²) in [6, 6.07) is 5.69. The van der Waals surface area contributed by atoms with Gasteiger partial charge in [0.2, 0.25) is 6.41 Å². The molecule has 1 aromatic carbocycles. The van der Waals surface area contributed by atoms with Gasteiger partial charge in [-0.25, -0.2) is 5.01 Å². The SMILES string of the molecule is COc1ccc2c(c1)CN(C=O)N=C2Cc1c(Cl)cncc1Cl. The number of rotatable bonds is 4. The molecule has 0 unspecified atom stereocenters. The van der Waals surface area contributed by atoms with Gasteiger partial charge in [-0.2, -0.15) is 5.10 Å². The van der Waals surface area contributed by atoms with Crippen LogP contribution in [0.1, 0.15) is 16.7 Å². The molecular weight excluding hydrogens is 337 g/mol. The van der Waals surface area contributed by atoms with Crippen molar-refractivity contribution in [3.8, 4) is 5.75 Å². The lowest BCUT2D eigenvalue weighted by atomic mass is 9.96. The summed E-state index contributed by atoms with van der Waals surface area (Å²) >= 11 is 12.4. The highest BCUT2D eigenvalue weighted by atomic mass is 35.5. The van der Waals surface area contributed by atoms with Crippen molar-refractivity contribution in [3.05, 3.63) is 57.3 Å². The maximum absolute atomic E-state index is 11.2. The second-order valence-electron chi connectivity index (χ2n) is 5.03. The Morgan fingerprint density at radius 3 is 2.70 bits per heavy atom. The van der Waals surface area contributed by atoms with E-state index in [9.17, 15) is 4.79 Å². The van der Waals surface area contributed by atoms with E-state index in [1.165, 1.54) is 5.01 Å². The highest BCUT2D eigenvalue weighted by molar-refractivity contribution is 6.36. The number of halogens is 2. The fraction of sp³-hybridized carbons (Fsp3) is 0.188. The predicted octanol–water partition coefficient (Wildman–Crippen LogP) is 3.32. The first kappa shape index (κ1) is 15.8. The topological polar surface area (TPSA) is 54.8 Å². The van der Waals surface area contributed by atoms with E-state index in [1.807, 2.05) is 18.2 Å². The van der Waals surface area contributed by atoms with Crippen LogP contribution >= 0.6 is 23.2 Å². The van der Waals surface area contributed by atoms with Gasteiger partial charge in [0, 0.05) is 24.4 Å². The quantitative estimate of drug-likeness (QED) is 0.795. The molecular formula is C16H13Cl2N3O2. The summed E-state index contributed by atoms with van der Waals surface area (Å²) in [5.41, 5.74) is 3.36. The van der Waals surface area contributed by atoms with Crippen LogP contribution in [0.25, 0.3) is 0 Å². The van der Waals surface area contributed by atoms with E-state index in [0.29, 0.717) is 29.4 Å². The molecule has 5 nitrogen and oxygen atoms in total. The number of amides is 1. The number of carbonyl (C=O) groups is 1. The van der Waals surface area contributed by atoms with Gasteiger partial charge < -0.3 is 4.74 Å². The molecule has 3 rings (SSSR count). The van der Waals surface area contributed by atoms with Crippen molar-refractivity contribution in [2.75, 3.05) is 7.11 Å². The van der Waals surface area contributed by atoms with Crippen LogP contribution in [0.3, 0.4) is 0 Å². The Hall–Kier alpha value is -2.11. The molecule has 1 amide bonds. The van der Waals surface area contributed by atoms with Gasteiger partial charge >= 0.3 is 0 Å². The number of nitrogens with zero attached hydrogens (tertiary/aromatic N) is 3. The number of pyridine rings is 1. The molecule has 0 atom stereocenters. The maximum atomic E-state index is 11.2. The number of carbonyl (C=O) groups excluding carboxylic acids is 1. The van der Waals surface area contributed by atoms with Crippen molar-refractivity contribution in [3.63, 3.8) is 0 Å². The summed E-state index contributed by atoms with van der Waals surface area (Å²) in [6.07, 6.45) is 4.18. The van der Waals surface area contributed by atoms with Gasteiger partial charge in [-0.15, -0.1) is 0 Å². The molecule has 0 radical (unpaired) electrons. The number of hydrazone groups is 1. The van der Waals surface area contributed by atoms with Gasteiger partial charge in [0.15, 0.2) is 0 Å². The molecule has 23 heavy (non-hydrogen) atoms. The maximum Gasteiger partial charge on any atom is 0.230 e. The summed E-state index contributed by atoms with van der Waals surface area (Å²) in [5.74, 6) is 0.732. The molecule has 0 N–H and O–H groups in total. The minimum atomic E-state index is 0.400. The van der Waals surface area contributed by atoms with Crippen LogP contribution in [0.5, 0.6) is 5.75 Å². The average molecular weight is 350 g/mol. The second kappa shape index (κ2) is 6.56. The Balaban J connectivity index is 2.04. The summed E-state index contributed by atoms with van der Waals surface area (Å²) in [5, 5.41) is 6.67. The first-order valence-electron chi connectivity index (χ1n) is 6.87. The smallest absolute Gasteiger partial charge is 0.230 e. The Labute approximate surface area is 143 Å². The highest BCUT2D eigenvalue weighted by Crippen LogP contribution is 2.29. The van der Waals surface area contributed by atoms with Crippen molar-refractivity contribution in [2.45, 2.75) is 13.0 Å². The van der Waals surface area contributed by atoms with E-state index in [1.54, 1.807) is 19.5 Å². The standard InChI is InChI=1S/C16H13Cl2N3O2/c1-23-11-2-3-12-10(4-11)8-21(9-22)20-16(12)5-13-14(17)6-19-7-15(13)18/h2-4,6-7,9H,5,8H2,1H3. The van der Waals surface area contributed by atoms with Crippen LogP contribution in [0.2, 0.25) is 10.0 Å². The van der Waals surface area contributed by atoms with Crippen molar-refractivity contribution in [1.82, 2.24) is 9.99 Å². The van der Waals surface area contributed by atoms with Crippen LogP contribution in [0.15, 0.2) is 35.7 Å². The van der Waals surface area contributed by atoms with E-state index >= 15 is 0 Å². The number of fused-ring (bicyclic) bond motifs is 1. The van der Waals surface area contributed by atoms with Crippen LogP contribution in [-0.2, 0) is 17.8 Å². The van der Waals surface area contributed by atoms with Gasteiger partial charge in [0.25, 0.3) is 0 Å². The molecule has 118 valence electrons. The minimum Gasteiger partial charge on any atom is -0.497 e. The first-order chi connectivity index (χ1) is 11.1. The largest absolute Gasteiger partial charge is 0.497 e. The molecule has 0 fully saturated rings. The molecule has 0 aliphatic carbocycles. The fourth-order valence-corrected chi connectivity index (χ4v) is 2.99. The van der Waals surface area contributed by atoms with E-state index in [2.05, 4.69) is 10.1 Å². The summed E-state index contributed by atoms with van der Waals surface area (Å²) < 4.78 is 5.24. The molecule has 7 heteroatoms. The van der Waals surface area contributed by atoms with Crippen molar-refractivity contribution >= 4 is 35.3 Å². The van der Waals surface area contributed by atoms with Crippen molar-refractivity contribution in [2.24, 2.45) is 5.10 Å². The zero-order chi connectivity index (χ0) is 16.4. The molecule has 2 aromatic rings. The number of hydrogen-bond donors (Lipinski definition) is 0. The van der Waals surface area contributed by atoms with Gasteiger partial charge in [-0.05, 0) is 29.3 Å². The molecule has 1 aromatic heterocycles. The molecule has 1 aliphatic rings. The summed E-state index contributed by atoms with van der Waals surface area (Å²) in [4.78, 5) is 15.1. The van der Waals surface area contributed by atoms with E-state index < -0.39 is 0 Å². The van der Waals surface area contributed by atoms with Crippen LogP contribution in [0, 0.1) is 0 Å². The molecule has 0 bridgehead atoms. The lowest BCUT2D eigenvalue weighted by molar-refractivity contribution is -0.118. The van der Waals surface area contributed by atoms with Crippen LogP contribution in [-0.4, -0.2) is 29.2 Å². The first-order valence-corrected chi connectivity index (χ1v) is 7.62. The predicted molar refractivity (Wildman–Crippen MR) is 89.1 cm³/mol. The lowest BCUT2D eigenvalue weighted by Crippen LogP contribution is -2.26. The van der Waals surface area contributed by atoms with Gasteiger partial charge in [-0.1, -0.05) is 23.2 Å². The van der Waals surface area contributed by atoms with Gasteiger partial charge in [0.05, 0.1) is 29.4 Å². The lowest BCUT2D eigenvalue weighted by Gasteiger charge is -2.24. The second-order valence-corrected chi connectivity index (χ2v) is 5.85. The summed E-state index contributed by atoms with van der Waals surface area (Å²) in [6.45, 7) is 0.400. The monoisotopic (exact) mass is 349 g/mol. The Morgan fingerprint density at radius 1 is 1.30 bits per heavy atom. The zero-order valence-electron chi connectivity index (χ0n) is 12.3. The van der Waals surface area contributed by atoms with E-state index in [-0.39, 0.29) is 0 Å². The third kappa shape index (κ3) is 3.16. The zero-order valence-corrected chi connectivity index (χ0v) is 13.8. The minimum absolute atomic E-state index is 0.400. The van der Waals surface area contributed by atoms with Crippen LogP contribution < -0.4 is 4.74 Å². The molecule has 0 saturated heterocycles. The highest BCUT2D eigenvalue weighted by Gasteiger charge is 2.21. The normalized spacial score (nSPS) is 13.3. The Morgan fingerprint density at radius 2 is 2.04 bits per heavy atom. The van der Waals surface area contributed by atoms with Gasteiger partial charge in [-0.3, -0.25) is 9.78 Å². The van der Waals surface area contributed by atoms with Crippen molar-refractivity contribution < 1.29 is 9.53 Å². The fourth-order valence-electron chi connectivity index (χ4n) is 2.49. The average Bonchev–Trinajstić information content (AvgIpc) is 2.57. The van der Waals surface area contributed by atoms with E-state index in [0.717, 1.165) is 28.2 Å².